The number of hydrogen-bond donors (Lipinski definition) is 4. The molecule has 1 fully saturated rings. The standard InChI is InChI=1S/C12H14N2O6/c1-2-3-6-4-14(12(19)13-10(6)18)11-9(17)8(16)7(5-15)20-11/h4,7-9,11,15-17H,5H2,1H3,(H,13,18,19)/t7-,8?,9?,11-/m1/s1. The van der Waals surface area contributed by atoms with E-state index in [9.17, 15) is 19.8 Å². The van der Waals surface area contributed by atoms with Crippen LogP contribution < -0.4 is 11.2 Å². The summed E-state index contributed by atoms with van der Waals surface area (Å²) >= 11 is 0. The summed E-state index contributed by atoms with van der Waals surface area (Å²) in [4.78, 5) is 25.3. The van der Waals surface area contributed by atoms with Crippen LogP contribution in [0.3, 0.4) is 0 Å². The van der Waals surface area contributed by atoms with Crippen LogP contribution in [0.1, 0.15) is 18.7 Å². The topological polar surface area (TPSA) is 125 Å². The number of hydrogen-bond acceptors (Lipinski definition) is 6. The predicted octanol–water partition coefficient (Wildman–Crippen LogP) is -2.48. The van der Waals surface area contributed by atoms with Crippen LogP contribution in [0.15, 0.2) is 15.8 Å². The molecule has 0 spiro atoms. The molecule has 0 bridgehead atoms. The molecular weight excluding hydrogens is 268 g/mol. The van der Waals surface area contributed by atoms with Crippen molar-refractivity contribution in [3.63, 3.8) is 0 Å². The monoisotopic (exact) mass is 282 g/mol. The van der Waals surface area contributed by atoms with Gasteiger partial charge in [-0.1, -0.05) is 5.92 Å². The lowest BCUT2D eigenvalue weighted by Crippen LogP contribution is -2.38. The first kappa shape index (κ1) is 14.5. The smallest absolute Gasteiger partial charge is 0.330 e. The van der Waals surface area contributed by atoms with Crippen molar-refractivity contribution in [1.82, 2.24) is 9.55 Å². The Kier molecular flexibility index (Phi) is 4.06. The maximum atomic E-state index is 11.8. The molecule has 20 heavy (non-hydrogen) atoms. The fourth-order valence-corrected chi connectivity index (χ4v) is 2.01. The van der Waals surface area contributed by atoms with Crippen molar-refractivity contribution >= 4 is 0 Å². The number of ether oxygens (including phenoxy) is 1. The molecule has 108 valence electrons. The molecule has 2 heterocycles. The van der Waals surface area contributed by atoms with Crippen LogP contribution in [0.5, 0.6) is 0 Å². The molecule has 1 aromatic rings. The Bertz CT molecular complexity index is 667. The van der Waals surface area contributed by atoms with Crippen LogP contribution in [0.25, 0.3) is 0 Å². The van der Waals surface area contributed by atoms with Gasteiger partial charge in [0.25, 0.3) is 5.56 Å². The van der Waals surface area contributed by atoms with Gasteiger partial charge < -0.3 is 20.1 Å². The molecule has 2 unspecified atom stereocenters. The number of rotatable bonds is 2. The number of aromatic nitrogens is 2. The van der Waals surface area contributed by atoms with Crippen LogP contribution >= 0.6 is 0 Å². The van der Waals surface area contributed by atoms with Gasteiger partial charge in [-0.2, -0.15) is 0 Å². The Morgan fingerprint density at radius 1 is 1.40 bits per heavy atom. The normalized spacial score (nSPS) is 29.0. The minimum Gasteiger partial charge on any atom is -0.394 e. The van der Waals surface area contributed by atoms with E-state index in [1.807, 2.05) is 0 Å². The number of nitrogens with zero attached hydrogens (tertiary/aromatic N) is 1. The first-order chi connectivity index (χ1) is 9.49. The Hall–Kier alpha value is -1.92. The summed E-state index contributed by atoms with van der Waals surface area (Å²) in [7, 11) is 0. The molecule has 0 aromatic carbocycles. The fourth-order valence-electron chi connectivity index (χ4n) is 2.01. The minimum absolute atomic E-state index is 0.0323. The molecule has 1 aromatic heterocycles. The van der Waals surface area contributed by atoms with Crippen molar-refractivity contribution in [2.45, 2.75) is 31.5 Å². The summed E-state index contributed by atoms with van der Waals surface area (Å²) in [6.45, 7) is 1.02. The molecule has 2 rings (SSSR count). The molecule has 4 atom stereocenters. The van der Waals surface area contributed by atoms with Crippen LogP contribution in [0.2, 0.25) is 0 Å². The van der Waals surface area contributed by atoms with Crippen molar-refractivity contribution in [1.29, 1.82) is 0 Å². The zero-order valence-electron chi connectivity index (χ0n) is 10.6. The molecule has 8 heteroatoms. The van der Waals surface area contributed by atoms with Crippen LogP contribution in [0, 0.1) is 11.8 Å². The SMILES string of the molecule is CC#Cc1cn([C@@H]2O[C@H](CO)C(O)C2O)c(=O)[nH]c1=O. The average Bonchev–Trinajstić information content (AvgIpc) is 2.70. The van der Waals surface area contributed by atoms with E-state index in [2.05, 4.69) is 16.8 Å². The van der Waals surface area contributed by atoms with Gasteiger partial charge in [0, 0.05) is 6.20 Å². The van der Waals surface area contributed by atoms with Gasteiger partial charge >= 0.3 is 5.69 Å². The third kappa shape index (κ3) is 2.39. The van der Waals surface area contributed by atoms with Crippen LogP contribution in [0.4, 0.5) is 0 Å². The maximum Gasteiger partial charge on any atom is 0.330 e. The Morgan fingerprint density at radius 2 is 2.10 bits per heavy atom. The van der Waals surface area contributed by atoms with E-state index in [0.717, 1.165) is 10.8 Å². The first-order valence-electron chi connectivity index (χ1n) is 5.90. The summed E-state index contributed by atoms with van der Waals surface area (Å²) in [6, 6.07) is 0. The molecule has 0 radical (unpaired) electrons. The van der Waals surface area contributed by atoms with Gasteiger partial charge in [-0.3, -0.25) is 14.3 Å². The molecule has 8 nitrogen and oxygen atoms in total. The Labute approximate surface area is 113 Å². The predicted molar refractivity (Wildman–Crippen MR) is 66.9 cm³/mol. The number of aliphatic hydroxyl groups is 3. The fraction of sp³-hybridized carbons (Fsp3) is 0.500. The summed E-state index contributed by atoms with van der Waals surface area (Å²) in [5.41, 5.74) is -1.41. The first-order valence-corrected chi connectivity index (χ1v) is 5.90. The highest BCUT2D eigenvalue weighted by Gasteiger charge is 2.43. The van der Waals surface area contributed by atoms with E-state index < -0.39 is 42.4 Å². The second-order valence-corrected chi connectivity index (χ2v) is 4.31. The highest BCUT2D eigenvalue weighted by atomic mass is 16.6. The van der Waals surface area contributed by atoms with Gasteiger partial charge in [-0.15, -0.1) is 5.92 Å². The van der Waals surface area contributed by atoms with Gasteiger partial charge in [0.15, 0.2) is 6.23 Å². The van der Waals surface area contributed by atoms with Crippen molar-refractivity contribution < 1.29 is 20.1 Å². The zero-order chi connectivity index (χ0) is 14.9. The molecule has 4 N–H and O–H groups in total. The van der Waals surface area contributed by atoms with Gasteiger partial charge in [-0.05, 0) is 6.92 Å². The summed E-state index contributed by atoms with van der Waals surface area (Å²) in [5.74, 6) is 5.04. The van der Waals surface area contributed by atoms with Crippen molar-refractivity contribution in [2.24, 2.45) is 0 Å². The molecular formula is C12H14N2O6. The molecule has 0 amide bonds. The number of aliphatic hydroxyl groups excluding tert-OH is 3. The Morgan fingerprint density at radius 3 is 2.65 bits per heavy atom. The van der Waals surface area contributed by atoms with Gasteiger partial charge in [0.05, 0.1) is 6.61 Å². The van der Waals surface area contributed by atoms with E-state index in [1.165, 1.54) is 6.92 Å². The molecule has 1 aliphatic rings. The van der Waals surface area contributed by atoms with Crippen LogP contribution in [-0.4, -0.2) is 49.8 Å². The maximum absolute atomic E-state index is 11.8. The summed E-state index contributed by atoms with van der Waals surface area (Å²) < 4.78 is 6.15. The van der Waals surface area contributed by atoms with E-state index >= 15 is 0 Å². The van der Waals surface area contributed by atoms with Gasteiger partial charge in [-0.25, -0.2) is 4.79 Å². The third-order valence-electron chi connectivity index (χ3n) is 3.02. The number of aromatic amines is 1. The van der Waals surface area contributed by atoms with Crippen molar-refractivity contribution in [3.8, 4) is 11.8 Å². The number of nitrogens with one attached hydrogen (secondary N) is 1. The number of H-pyrrole nitrogens is 1. The lowest BCUT2D eigenvalue weighted by Gasteiger charge is -2.17. The second kappa shape index (κ2) is 5.60. The average molecular weight is 282 g/mol. The third-order valence-corrected chi connectivity index (χ3v) is 3.02. The van der Waals surface area contributed by atoms with Crippen LogP contribution in [-0.2, 0) is 4.74 Å². The molecule has 0 saturated carbocycles. The van der Waals surface area contributed by atoms with E-state index in [-0.39, 0.29) is 5.56 Å². The molecule has 1 saturated heterocycles. The summed E-state index contributed by atoms with van der Waals surface area (Å²) in [5, 5.41) is 28.5. The van der Waals surface area contributed by atoms with Crippen molar-refractivity contribution in [2.75, 3.05) is 6.61 Å². The quantitative estimate of drug-likeness (QED) is 0.445. The van der Waals surface area contributed by atoms with Gasteiger partial charge in [0.2, 0.25) is 0 Å². The lowest BCUT2D eigenvalue weighted by molar-refractivity contribution is -0.0550. The van der Waals surface area contributed by atoms with Crippen molar-refractivity contribution in [3.05, 3.63) is 32.6 Å². The summed E-state index contributed by atoms with van der Waals surface area (Å²) in [6.07, 6.45) is -3.79. The van der Waals surface area contributed by atoms with E-state index in [0.29, 0.717) is 0 Å². The van der Waals surface area contributed by atoms with E-state index in [1.54, 1.807) is 0 Å². The second-order valence-electron chi connectivity index (χ2n) is 4.31. The van der Waals surface area contributed by atoms with E-state index in [4.69, 9.17) is 9.84 Å². The largest absolute Gasteiger partial charge is 0.394 e. The lowest BCUT2D eigenvalue weighted by atomic mass is 10.1. The zero-order valence-corrected chi connectivity index (χ0v) is 10.6. The minimum atomic E-state index is -1.40. The molecule has 0 aliphatic carbocycles. The molecule has 1 aliphatic heterocycles. The Balaban J connectivity index is 2.47. The van der Waals surface area contributed by atoms with Gasteiger partial charge in [0.1, 0.15) is 23.9 Å². The highest BCUT2D eigenvalue weighted by molar-refractivity contribution is 5.28. The highest BCUT2D eigenvalue weighted by Crippen LogP contribution is 2.27.